The summed E-state index contributed by atoms with van der Waals surface area (Å²) in [4.78, 5) is 24.3. The Morgan fingerprint density at radius 2 is 1.83 bits per heavy atom. The summed E-state index contributed by atoms with van der Waals surface area (Å²) in [7, 11) is 0. The van der Waals surface area contributed by atoms with E-state index in [4.69, 9.17) is 0 Å². The number of carbonyl (C=O) groups excluding carboxylic acids is 1. The Kier molecular flexibility index (Phi) is 5.52. The van der Waals surface area contributed by atoms with Gasteiger partial charge in [-0.2, -0.15) is 0 Å². The first kappa shape index (κ1) is 18.7. The summed E-state index contributed by atoms with van der Waals surface area (Å²) in [5.41, 5.74) is 4.58. The summed E-state index contributed by atoms with van der Waals surface area (Å²) in [6.07, 6.45) is 6.84. The van der Waals surface area contributed by atoms with Crippen molar-refractivity contribution < 1.29 is 4.79 Å². The minimum atomic E-state index is -0.260. The van der Waals surface area contributed by atoms with Gasteiger partial charge in [-0.3, -0.25) is 4.79 Å². The van der Waals surface area contributed by atoms with Crippen LogP contribution in [-0.4, -0.2) is 27.4 Å². The number of rotatable bonds is 7. The fraction of sp³-hybridized carbons (Fsp3) is 0.174. The van der Waals surface area contributed by atoms with Crippen molar-refractivity contribution in [3.8, 4) is 0 Å². The zero-order valence-corrected chi connectivity index (χ0v) is 16.3. The van der Waals surface area contributed by atoms with E-state index < -0.39 is 0 Å². The van der Waals surface area contributed by atoms with Gasteiger partial charge in [-0.25, -0.2) is 9.97 Å². The number of benzene rings is 2. The zero-order valence-electron chi connectivity index (χ0n) is 16.3. The Hall–Kier alpha value is -3.67. The van der Waals surface area contributed by atoms with Gasteiger partial charge in [0.25, 0.3) is 5.91 Å². The monoisotopic (exact) mass is 385 g/mol. The highest BCUT2D eigenvalue weighted by Crippen LogP contribution is 2.18. The molecule has 0 aliphatic heterocycles. The summed E-state index contributed by atoms with van der Waals surface area (Å²) >= 11 is 0. The summed E-state index contributed by atoms with van der Waals surface area (Å²) in [5, 5.41) is 7.41. The van der Waals surface area contributed by atoms with Crippen LogP contribution >= 0.6 is 0 Å². The molecule has 0 aliphatic carbocycles. The number of hydrogen-bond acceptors (Lipinski definition) is 4. The molecule has 0 aliphatic rings. The molecule has 6 nitrogen and oxygen atoms in total. The molecule has 0 fully saturated rings. The minimum absolute atomic E-state index is 0.260. The highest BCUT2D eigenvalue weighted by Gasteiger charge is 2.10. The molecule has 146 valence electrons. The quantitative estimate of drug-likeness (QED) is 0.440. The zero-order chi connectivity index (χ0) is 20.1. The van der Waals surface area contributed by atoms with Gasteiger partial charge in [0.05, 0.1) is 12.4 Å². The SMILES string of the molecule is CCc1ccccc1NC(=O)c1cnc(NCCc2c[nH]c3ccccc23)cn1. The fourth-order valence-electron chi connectivity index (χ4n) is 3.34. The number of aromatic nitrogens is 3. The van der Waals surface area contributed by atoms with Gasteiger partial charge in [-0.1, -0.05) is 43.3 Å². The number of nitrogens with one attached hydrogen (secondary N) is 3. The number of aromatic amines is 1. The second kappa shape index (κ2) is 8.56. The smallest absolute Gasteiger partial charge is 0.275 e. The molecule has 2 aromatic carbocycles. The second-order valence-electron chi connectivity index (χ2n) is 6.79. The summed E-state index contributed by atoms with van der Waals surface area (Å²) in [5.74, 6) is 0.388. The molecular formula is C23H23N5O. The number of fused-ring (bicyclic) bond motifs is 1. The first-order valence-corrected chi connectivity index (χ1v) is 9.74. The fourth-order valence-corrected chi connectivity index (χ4v) is 3.34. The highest BCUT2D eigenvalue weighted by molar-refractivity contribution is 6.03. The lowest BCUT2D eigenvalue weighted by Crippen LogP contribution is -2.15. The van der Waals surface area contributed by atoms with Crippen LogP contribution in [0.25, 0.3) is 10.9 Å². The predicted molar refractivity (Wildman–Crippen MR) is 116 cm³/mol. The molecule has 0 saturated heterocycles. The third-order valence-electron chi connectivity index (χ3n) is 4.91. The molecule has 0 unspecified atom stereocenters. The molecule has 1 amide bonds. The summed E-state index contributed by atoms with van der Waals surface area (Å²) < 4.78 is 0. The number of amides is 1. The molecule has 6 heteroatoms. The number of anilines is 2. The second-order valence-corrected chi connectivity index (χ2v) is 6.79. The first-order valence-electron chi connectivity index (χ1n) is 9.74. The van der Waals surface area contributed by atoms with E-state index in [1.165, 1.54) is 17.1 Å². The maximum atomic E-state index is 12.4. The lowest BCUT2D eigenvalue weighted by molar-refractivity contribution is 0.102. The van der Waals surface area contributed by atoms with Crippen molar-refractivity contribution in [2.75, 3.05) is 17.2 Å². The number of H-pyrrole nitrogens is 1. The molecular weight excluding hydrogens is 362 g/mol. The largest absolute Gasteiger partial charge is 0.368 e. The van der Waals surface area contributed by atoms with Gasteiger partial charge in [0.15, 0.2) is 0 Å². The van der Waals surface area contributed by atoms with Crippen LogP contribution in [0.4, 0.5) is 11.5 Å². The van der Waals surface area contributed by atoms with Gasteiger partial charge in [0, 0.05) is 29.3 Å². The average molecular weight is 385 g/mol. The number of hydrogen-bond donors (Lipinski definition) is 3. The Morgan fingerprint density at radius 1 is 1.00 bits per heavy atom. The molecule has 2 heterocycles. The van der Waals surface area contributed by atoms with Gasteiger partial charge in [-0.15, -0.1) is 0 Å². The summed E-state index contributed by atoms with van der Waals surface area (Å²) in [6, 6.07) is 16.0. The molecule has 0 atom stereocenters. The van der Waals surface area contributed by atoms with E-state index in [1.807, 2.05) is 42.6 Å². The molecule has 0 spiro atoms. The predicted octanol–water partition coefficient (Wildman–Crippen LogP) is 4.43. The molecule has 29 heavy (non-hydrogen) atoms. The molecule has 4 aromatic rings. The van der Waals surface area contributed by atoms with Crippen LogP contribution in [0.5, 0.6) is 0 Å². The lowest BCUT2D eigenvalue weighted by Gasteiger charge is -2.09. The number of carbonyl (C=O) groups is 1. The molecule has 0 bridgehead atoms. The van der Waals surface area contributed by atoms with Crippen LogP contribution in [0, 0.1) is 0 Å². The number of nitrogens with zero attached hydrogens (tertiary/aromatic N) is 2. The van der Waals surface area contributed by atoms with Crippen molar-refractivity contribution in [2.45, 2.75) is 19.8 Å². The Bertz CT molecular complexity index is 1120. The third kappa shape index (κ3) is 4.27. The average Bonchev–Trinajstić information content (AvgIpc) is 3.18. The van der Waals surface area contributed by atoms with Gasteiger partial charge >= 0.3 is 0 Å². The Morgan fingerprint density at radius 3 is 2.66 bits per heavy atom. The Labute approximate surface area is 169 Å². The van der Waals surface area contributed by atoms with E-state index in [0.717, 1.165) is 36.2 Å². The van der Waals surface area contributed by atoms with Crippen LogP contribution in [0.3, 0.4) is 0 Å². The number of para-hydroxylation sites is 2. The van der Waals surface area contributed by atoms with Crippen LogP contribution in [-0.2, 0) is 12.8 Å². The molecule has 4 rings (SSSR count). The minimum Gasteiger partial charge on any atom is -0.368 e. The van der Waals surface area contributed by atoms with Crippen LogP contribution in [0.1, 0.15) is 28.5 Å². The van der Waals surface area contributed by atoms with Crippen LogP contribution < -0.4 is 10.6 Å². The standard InChI is InChI=1S/C23H23N5O/c1-2-16-7-3-5-9-19(16)28-23(29)21-14-27-22(15-26-21)24-12-11-17-13-25-20-10-6-4-8-18(17)20/h3-10,13-15,25H,2,11-12H2,1H3,(H,24,27)(H,28,29). The van der Waals surface area contributed by atoms with Crippen molar-refractivity contribution in [1.29, 1.82) is 0 Å². The Balaban J connectivity index is 1.34. The van der Waals surface area contributed by atoms with Crippen LogP contribution in [0.15, 0.2) is 67.1 Å². The van der Waals surface area contributed by atoms with Crippen molar-refractivity contribution in [2.24, 2.45) is 0 Å². The van der Waals surface area contributed by atoms with Crippen molar-refractivity contribution in [3.05, 3.63) is 83.9 Å². The van der Waals surface area contributed by atoms with E-state index in [9.17, 15) is 4.79 Å². The first-order chi connectivity index (χ1) is 14.2. The third-order valence-corrected chi connectivity index (χ3v) is 4.91. The van der Waals surface area contributed by atoms with E-state index in [0.29, 0.717) is 5.82 Å². The lowest BCUT2D eigenvalue weighted by atomic mass is 10.1. The summed E-state index contributed by atoms with van der Waals surface area (Å²) in [6.45, 7) is 2.79. The van der Waals surface area contributed by atoms with Crippen molar-refractivity contribution >= 4 is 28.3 Å². The maximum absolute atomic E-state index is 12.4. The molecule has 2 aromatic heterocycles. The van der Waals surface area contributed by atoms with E-state index in [-0.39, 0.29) is 11.6 Å². The molecule has 0 radical (unpaired) electrons. The highest BCUT2D eigenvalue weighted by atomic mass is 16.1. The van der Waals surface area contributed by atoms with Crippen molar-refractivity contribution in [3.63, 3.8) is 0 Å². The van der Waals surface area contributed by atoms with Crippen molar-refractivity contribution in [1.82, 2.24) is 15.0 Å². The molecule has 3 N–H and O–H groups in total. The van der Waals surface area contributed by atoms with Gasteiger partial charge < -0.3 is 15.6 Å². The van der Waals surface area contributed by atoms with Gasteiger partial charge in [0.2, 0.25) is 0 Å². The van der Waals surface area contributed by atoms with E-state index in [2.05, 4.69) is 44.6 Å². The topological polar surface area (TPSA) is 82.7 Å². The number of aryl methyl sites for hydroxylation is 1. The molecule has 0 saturated carbocycles. The van der Waals surface area contributed by atoms with E-state index in [1.54, 1.807) is 6.20 Å². The van der Waals surface area contributed by atoms with Crippen LogP contribution in [0.2, 0.25) is 0 Å². The van der Waals surface area contributed by atoms with E-state index >= 15 is 0 Å². The maximum Gasteiger partial charge on any atom is 0.275 e. The van der Waals surface area contributed by atoms with Gasteiger partial charge in [-0.05, 0) is 36.1 Å². The normalized spacial score (nSPS) is 10.8. The van der Waals surface area contributed by atoms with Gasteiger partial charge in [0.1, 0.15) is 11.5 Å².